The molecule has 2 aliphatic heterocycles. The standard InChI is InChI=1S/C24H34N2O3/c1-2-3-4-5-6-7-8-12-15-26-23(27)21(20-13-10-9-11-14-20)22(24(26)28)25-16-18-29-19-17-25/h9-11,13-14H,2-8,12,15-19H2,1H3. The molecular weight excluding hydrogens is 364 g/mol. The Hall–Kier alpha value is -2.14. The fourth-order valence-electron chi connectivity index (χ4n) is 4.12. The van der Waals surface area contributed by atoms with Crippen LogP contribution in [-0.2, 0) is 14.3 Å². The monoisotopic (exact) mass is 398 g/mol. The molecule has 0 bridgehead atoms. The average molecular weight is 399 g/mol. The van der Waals surface area contributed by atoms with Gasteiger partial charge in [0.05, 0.1) is 18.8 Å². The fourth-order valence-corrected chi connectivity index (χ4v) is 4.12. The average Bonchev–Trinajstić information content (AvgIpc) is 3.01. The summed E-state index contributed by atoms with van der Waals surface area (Å²) in [7, 11) is 0. The van der Waals surface area contributed by atoms with E-state index >= 15 is 0 Å². The van der Waals surface area contributed by atoms with Gasteiger partial charge < -0.3 is 9.64 Å². The maximum absolute atomic E-state index is 13.2. The Morgan fingerprint density at radius 3 is 2.10 bits per heavy atom. The highest BCUT2D eigenvalue weighted by Crippen LogP contribution is 2.32. The summed E-state index contributed by atoms with van der Waals surface area (Å²) >= 11 is 0. The Morgan fingerprint density at radius 2 is 1.45 bits per heavy atom. The zero-order valence-electron chi connectivity index (χ0n) is 17.7. The molecule has 2 amide bonds. The van der Waals surface area contributed by atoms with Gasteiger partial charge in [-0.25, -0.2) is 0 Å². The molecule has 0 N–H and O–H groups in total. The van der Waals surface area contributed by atoms with Gasteiger partial charge in [-0.3, -0.25) is 14.5 Å². The molecule has 0 unspecified atom stereocenters. The number of morpholine rings is 1. The Morgan fingerprint density at radius 1 is 0.828 bits per heavy atom. The van der Waals surface area contributed by atoms with E-state index in [1.807, 2.05) is 35.2 Å². The second-order valence-corrected chi connectivity index (χ2v) is 7.93. The Labute approximate surface area is 174 Å². The van der Waals surface area contributed by atoms with Crippen molar-refractivity contribution < 1.29 is 14.3 Å². The molecule has 0 aliphatic carbocycles. The Kier molecular flexibility index (Phi) is 8.29. The third kappa shape index (κ3) is 5.47. The van der Waals surface area contributed by atoms with Crippen molar-refractivity contribution in [3.63, 3.8) is 0 Å². The van der Waals surface area contributed by atoms with Gasteiger partial charge in [0.1, 0.15) is 5.70 Å². The van der Waals surface area contributed by atoms with Gasteiger partial charge in [-0.2, -0.15) is 0 Å². The predicted molar refractivity (Wildman–Crippen MR) is 115 cm³/mol. The van der Waals surface area contributed by atoms with Crippen LogP contribution >= 0.6 is 0 Å². The third-order valence-electron chi connectivity index (χ3n) is 5.77. The van der Waals surface area contributed by atoms with Gasteiger partial charge in [-0.1, -0.05) is 82.2 Å². The van der Waals surface area contributed by atoms with Gasteiger partial charge >= 0.3 is 0 Å². The molecule has 2 heterocycles. The molecule has 1 saturated heterocycles. The van der Waals surface area contributed by atoms with E-state index in [0.29, 0.717) is 44.1 Å². The summed E-state index contributed by atoms with van der Waals surface area (Å²) in [5.74, 6) is -0.288. The maximum atomic E-state index is 13.2. The van der Waals surface area contributed by atoms with Gasteiger partial charge in [-0.05, 0) is 12.0 Å². The van der Waals surface area contributed by atoms with Gasteiger partial charge in [0.25, 0.3) is 11.8 Å². The molecule has 158 valence electrons. The van der Waals surface area contributed by atoms with Gasteiger partial charge in [0.15, 0.2) is 0 Å². The minimum absolute atomic E-state index is 0.140. The molecule has 3 rings (SSSR count). The Bertz CT molecular complexity index is 708. The third-order valence-corrected chi connectivity index (χ3v) is 5.77. The van der Waals surface area contributed by atoms with Crippen molar-refractivity contribution in [2.24, 2.45) is 0 Å². The minimum atomic E-state index is -0.148. The second kappa shape index (κ2) is 11.1. The van der Waals surface area contributed by atoms with E-state index in [9.17, 15) is 9.59 Å². The highest BCUT2D eigenvalue weighted by atomic mass is 16.5. The van der Waals surface area contributed by atoms with Crippen molar-refractivity contribution in [3.05, 3.63) is 41.6 Å². The Balaban J connectivity index is 1.63. The number of benzene rings is 1. The van der Waals surface area contributed by atoms with E-state index in [-0.39, 0.29) is 11.8 Å². The minimum Gasteiger partial charge on any atom is -0.378 e. The molecule has 1 aromatic carbocycles. The van der Waals surface area contributed by atoms with E-state index in [1.165, 1.54) is 43.4 Å². The van der Waals surface area contributed by atoms with Crippen LogP contribution < -0.4 is 0 Å². The topological polar surface area (TPSA) is 49.9 Å². The number of amides is 2. The van der Waals surface area contributed by atoms with E-state index in [2.05, 4.69) is 6.92 Å². The number of carbonyl (C=O) groups is 2. The molecule has 0 radical (unpaired) electrons. The maximum Gasteiger partial charge on any atom is 0.277 e. The smallest absolute Gasteiger partial charge is 0.277 e. The zero-order valence-corrected chi connectivity index (χ0v) is 17.7. The van der Waals surface area contributed by atoms with Crippen LogP contribution in [0.15, 0.2) is 36.0 Å². The lowest BCUT2D eigenvalue weighted by Gasteiger charge is -2.29. The quantitative estimate of drug-likeness (QED) is 0.413. The lowest BCUT2D eigenvalue weighted by atomic mass is 10.0. The van der Waals surface area contributed by atoms with Crippen molar-refractivity contribution >= 4 is 17.4 Å². The normalized spacial score (nSPS) is 17.6. The van der Waals surface area contributed by atoms with Crippen LogP contribution in [0.3, 0.4) is 0 Å². The first-order valence-corrected chi connectivity index (χ1v) is 11.2. The second-order valence-electron chi connectivity index (χ2n) is 7.93. The van der Waals surface area contributed by atoms with Crippen LogP contribution in [0.5, 0.6) is 0 Å². The number of rotatable bonds is 11. The summed E-state index contributed by atoms with van der Waals surface area (Å²) in [6, 6.07) is 9.59. The number of hydrogen-bond acceptors (Lipinski definition) is 4. The number of hydrogen-bond donors (Lipinski definition) is 0. The first kappa shape index (κ1) is 21.6. The highest BCUT2D eigenvalue weighted by molar-refractivity contribution is 6.35. The van der Waals surface area contributed by atoms with Crippen LogP contribution in [0.1, 0.15) is 63.9 Å². The molecule has 0 spiro atoms. The summed E-state index contributed by atoms with van der Waals surface area (Å²) in [5.41, 5.74) is 1.94. The molecule has 5 heteroatoms. The van der Waals surface area contributed by atoms with Gasteiger partial charge in [0.2, 0.25) is 0 Å². The van der Waals surface area contributed by atoms with E-state index in [0.717, 1.165) is 18.4 Å². The first-order valence-electron chi connectivity index (χ1n) is 11.2. The lowest BCUT2D eigenvalue weighted by molar-refractivity contribution is -0.137. The number of imide groups is 1. The van der Waals surface area contributed by atoms with Crippen molar-refractivity contribution in [1.29, 1.82) is 0 Å². The van der Waals surface area contributed by atoms with Crippen LogP contribution in [-0.4, -0.2) is 54.5 Å². The molecule has 1 fully saturated rings. The molecule has 29 heavy (non-hydrogen) atoms. The van der Waals surface area contributed by atoms with Crippen molar-refractivity contribution in [1.82, 2.24) is 9.80 Å². The molecular formula is C24H34N2O3. The number of nitrogens with zero attached hydrogens (tertiary/aromatic N) is 2. The zero-order chi connectivity index (χ0) is 20.5. The van der Waals surface area contributed by atoms with Gasteiger partial charge in [0, 0.05) is 19.6 Å². The van der Waals surface area contributed by atoms with Crippen LogP contribution in [0.4, 0.5) is 0 Å². The largest absolute Gasteiger partial charge is 0.378 e. The summed E-state index contributed by atoms with van der Waals surface area (Å²) < 4.78 is 5.44. The van der Waals surface area contributed by atoms with Crippen molar-refractivity contribution in [2.75, 3.05) is 32.8 Å². The highest BCUT2D eigenvalue weighted by Gasteiger charge is 2.41. The van der Waals surface area contributed by atoms with E-state index < -0.39 is 0 Å². The molecule has 0 aromatic heterocycles. The molecule has 5 nitrogen and oxygen atoms in total. The summed E-state index contributed by atoms with van der Waals surface area (Å²) in [6.45, 7) is 5.21. The predicted octanol–water partition coefficient (Wildman–Crippen LogP) is 4.24. The first-order chi connectivity index (χ1) is 14.2. The molecule has 2 aliphatic rings. The van der Waals surface area contributed by atoms with Crippen LogP contribution in [0.2, 0.25) is 0 Å². The molecule has 0 atom stereocenters. The van der Waals surface area contributed by atoms with E-state index in [1.54, 1.807) is 0 Å². The summed E-state index contributed by atoms with van der Waals surface area (Å²) in [4.78, 5) is 29.9. The van der Waals surface area contributed by atoms with Gasteiger partial charge in [-0.15, -0.1) is 0 Å². The van der Waals surface area contributed by atoms with Crippen molar-refractivity contribution in [2.45, 2.75) is 58.3 Å². The lowest BCUT2D eigenvalue weighted by Crippen LogP contribution is -2.40. The number of carbonyl (C=O) groups excluding carboxylic acids is 2. The summed E-state index contributed by atoms with van der Waals surface area (Å²) in [6.07, 6.45) is 9.55. The SMILES string of the molecule is CCCCCCCCCCN1C(=O)C(c2ccccc2)=C(N2CCOCC2)C1=O. The number of ether oxygens (including phenoxy) is 1. The summed E-state index contributed by atoms with van der Waals surface area (Å²) in [5, 5.41) is 0. The molecule has 1 aromatic rings. The van der Waals surface area contributed by atoms with Crippen molar-refractivity contribution in [3.8, 4) is 0 Å². The van der Waals surface area contributed by atoms with Crippen LogP contribution in [0.25, 0.3) is 5.57 Å². The van der Waals surface area contributed by atoms with E-state index in [4.69, 9.17) is 4.74 Å². The molecule has 0 saturated carbocycles. The van der Waals surface area contributed by atoms with Crippen LogP contribution in [0, 0.1) is 0 Å². The fraction of sp³-hybridized carbons (Fsp3) is 0.583. The number of unbranched alkanes of at least 4 members (excludes halogenated alkanes) is 7.